The van der Waals surface area contributed by atoms with E-state index in [0.717, 1.165) is 4.48 Å². The predicted molar refractivity (Wildman–Crippen MR) is 57.7 cm³/mol. The molecule has 0 N–H and O–H groups in total. The maximum absolute atomic E-state index is 2.28. The summed E-state index contributed by atoms with van der Waals surface area (Å²) >= 11 is 0. The van der Waals surface area contributed by atoms with Gasteiger partial charge in [-0.25, -0.2) is 0 Å². The van der Waals surface area contributed by atoms with Gasteiger partial charge < -0.3 is 21.5 Å². The van der Waals surface area contributed by atoms with E-state index in [0.29, 0.717) is 0 Å². The highest BCUT2D eigenvalue weighted by atomic mass is 79.9. The van der Waals surface area contributed by atoms with Crippen molar-refractivity contribution in [1.82, 2.24) is 0 Å². The summed E-state index contributed by atoms with van der Waals surface area (Å²) in [7, 11) is 4.56. The van der Waals surface area contributed by atoms with E-state index < -0.39 is 0 Å². The third kappa shape index (κ3) is 4.77. The van der Waals surface area contributed by atoms with Crippen molar-refractivity contribution in [2.24, 2.45) is 0 Å². The molecule has 1 aromatic rings. The van der Waals surface area contributed by atoms with Gasteiger partial charge in [-0.05, 0) is 12.5 Å². The van der Waals surface area contributed by atoms with Gasteiger partial charge in [-0.2, -0.15) is 0 Å². The van der Waals surface area contributed by atoms with Gasteiger partial charge in [0, 0.05) is 6.42 Å². The van der Waals surface area contributed by atoms with Crippen LogP contribution in [-0.2, 0) is 6.42 Å². The van der Waals surface area contributed by atoms with E-state index in [1.807, 2.05) is 0 Å². The van der Waals surface area contributed by atoms with Crippen molar-refractivity contribution in [1.29, 1.82) is 0 Å². The Bertz CT molecular complexity index is 244. The molecule has 0 saturated heterocycles. The average Bonchev–Trinajstić information content (AvgIpc) is 2.17. The molecule has 0 aromatic heterocycles. The highest BCUT2D eigenvalue weighted by Gasteiger charge is 2.10. The molecule has 1 aromatic carbocycles. The van der Waals surface area contributed by atoms with E-state index in [4.69, 9.17) is 0 Å². The molecule has 0 radical (unpaired) electrons. The minimum atomic E-state index is 0. The van der Waals surface area contributed by atoms with Gasteiger partial charge in [-0.15, -0.1) is 0 Å². The average molecular weight is 258 g/mol. The van der Waals surface area contributed by atoms with Crippen molar-refractivity contribution in [3.8, 4) is 0 Å². The number of likely N-dealkylation sites (N-methyl/N-ethyl adjacent to an activating group) is 1. The Balaban J connectivity index is 0.00000169. The summed E-state index contributed by atoms with van der Waals surface area (Å²) in [5.74, 6) is 0. The van der Waals surface area contributed by atoms with E-state index >= 15 is 0 Å². The zero-order chi connectivity index (χ0) is 9.73. The number of benzene rings is 1. The Morgan fingerprint density at radius 2 is 1.64 bits per heavy atom. The molecule has 0 aliphatic carbocycles. The monoisotopic (exact) mass is 257 g/mol. The number of rotatable bonds is 4. The van der Waals surface area contributed by atoms with E-state index in [9.17, 15) is 0 Å². The summed E-state index contributed by atoms with van der Waals surface area (Å²) in [6, 6.07) is 10.7. The first kappa shape index (κ1) is 13.7. The van der Waals surface area contributed by atoms with Gasteiger partial charge in [0.25, 0.3) is 0 Å². The van der Waals surface area contributed by atoms with Crippen LogP contribution >= 0.6 is 0 Å². The second-order valence-electron chi connectivity index (χ2n) is 4.21. The number of hydrogen-bond donors (Lipinski definition) is 0. The molecular weight excluding hydrogens is 238 g/mol. The fourth-order valence-corrected chi connectivity index (χ4v) is 1.23. The van der Waals surface area contributed by atoms with Crippen LogP contribution in [0.4, 0.5) is 0 Å². The fourth-order valence-electron chi connectivity index (χ4n) is 1.23. The summed E-state index contributed by atoms with van der Waals surface area (Å²) in [6.07, 6.45) is 1.18. The van der Waals surface area contributed by atoms with Crippen LogP contribution < -0.4 is 17.0 Å². The lowest BCUT2D eigenvalue weighted by molar-refractivity contribution is -0.888. The Morgan fingerprint density at radius 3 is 2.14 bits per heavy atom. The van der Waals surface area contributed by atoms with Gasteiger partial charge in [-0.1, -0.05) is 30.3 Å². The molecule has 0 saturated carbocycles. The van der Waals surface area contributed by atoms with Crippen LogP contribution in [0.15, 0.2) is 30.3 Å². The summed E-state index contributed by atoms with van der Waals surface area (Å²) in [5.41, 5.74) is 1.45. The molecule has 0 atom stereocenters. The van der Waals surface area contributed by atoms with Crippen LogP contribution in [0.1, 0.15) is 12.5 Å². The first-order valence-electron chi connectivity index (χ1n) is 5.00. The van der Waals surface area contributed by atoms with Crippen LogP contribution in [0.3, 0.4) is 0 Å². The van der Waals surface area contributed by atoms with Gasteiger partial charge in [-0.3, -0.25) is 0 Å². The molecule has 0 aliphatic rings. The summed E-state index contributed by atoms with van der Waals surface area (Å²) in [4.78, 5) is 0. The van der Waals surface area contributed by atoms with E-state index in [1.54, 1.807) is 0 Å². The summed E-state index contributed by atoms with van der Waals surface area (Å²) in [6.45, 7) is 4.67. The molecule has 14 heavy (non-hydrogen) atoms. The van der Waals surface area contributed by atoms with E-state index in [1.165, 1.54) is 25.1 Å². The summed E-state index contributed by atoms with van der Waals surface area (Å²) in [5, 5.41) is 0. The smallest absolute Gasteiger partial charge is 0.0823 e. The van der Waals surface area contributed by atoms with Gasteiger partial charge in [0.1, 0.15) is 0 Å². The third-order valence-electron chi connectivity index (χ3n) is 2.70. The van der Waals surface area contributed by atoms with Gasteiger partial charge in [0.15, 0.2) is 0 Å². The van der Waals surface area contributed by atoms with Crippen LogP contribution in [0.5, 0.6) is 0 Å². The Kier molecular flexibility index (Phi) is 6.05. The number of halogens is 1. The Labute approximate surface area is 98.1 Å². The predicted octanol–water partition coefficient (Wildman–Crippen LogP) is -0.671. The zero-order valence-electron chi connectivity index (χ0n) is 9.33. The maximum Gasteiger partial charge on any atom is 0.0823 e. The number of hydrogen-bond acceptors (Lipinski definition) is 0. The van der Waals surface area contributed by atoms with Gasteiger partial charge in [0.05, 0.1) is 27.2 Å². The SMILES string of the molecule is CC[N+](C)(C)CCc1ccccc1.[Br-]. The molecule has 0 fully saturated rings. The van der Waals surface area contributed by atoms with E-state index in [2.05, 4.69) is 51.4 Å². The van der Waals surface area contributed by atoms with Crippen LogP contribution in [0.25, 0.3) is 0 Å². The van der Waals surface area contributed by atoms with Crippen molar-refractivity contribution in [3.05, 3.63) is 35.9 Å². The fraction of sp³-hybridized carbons (Fsp3) is 0.500. The molecule has 0 amide bonds. The van der Waals surface area contributed by atoms with E-state index in [-0.39, 0.29) is 17.0 Å². The molecule has 80 valence electrons. The maximum atomic E-state index is 2.28. The molecule has 0 spiro atoms. The van der Waals surface area contributed by atoms with Gasteiger partial charge >= 0.3 is 0 Å². The number of nitrogens with zero attached hydrogens (tertiary/aromatic N) is 1. The van der Waals surface area contributed by atoms with Crippen LogP contribution in [0, 0.1) is 0 Å². The molecule has 1 nitrogen and oxygen atoms in total. The standard InChI is InChI=1S/C12H20N.BrH/c1-4-13(2,3)11-10-12-8-6-5-7-9-12;/h5-9H,4,10-11H2,1-3H3;1H/q+1;/p-1. The second kappa shape index (κ2) is 6.20. The highest BCUT2D eigenvalue weighted by molar-refractivity contribution is 5.14. The van der Waals surface area contributed by atoms with Gasteiger partial charge in [0.2, 0.25) is 0 Å². The molecule has 0 bridgehead atoms. The first-order valence-corrected chi connectivity index (χ1v) is 5.00. The Morgan fingerprint density at radius 1 is 1.07 bits per heavy atom. The van der Waals surface area contributed by atoms with Crippen LogP contribution in [-0.4, -0.2) is 31.7 Å². The second-order valence-corrected chi connectivity index (χ2v) is 4.21. The zero-order valence-corrected chi connectivity index (χ0v) is 10.9. The van der Waals surface area contributed by atoms with Crippen molar-refractivity contribution >= 4 is 0 Å². The van der Waals surface area contributed by atoms with Crippen molar-refractivity contribution < 1.29 is 21.5 Å². The normalized spacial score (nSPS) is 10.8. The topological polar surface area (TPSA) is 0 Å². The quantitative estimate of drug-likeness (QED) is 0.628. The summed E-state index contributed by atoms with van der Waals surface area (Å²) < 4.78 is 1.11. The third-order valence-corrected chi connectivity index (χ3v) is 2.70. The molecule has 0 unspecified atom stereocenters. The largest absolute Gasteiger partial charge is 1.00 e. The molecule has 0 aliphatic heterocycles. The lowest BCUT2D eigenvalue weighted by atomic mass is 10.1. The van der Waals surface area contributed by atoms with Crippen LogP contribution in [0.2, 0.25) is 0 Å². The minimum absolute atomic E-state index is 0. The van der Waals surface area contributed by atoms with Crippen molar-refractivity contribution in [2.75, 3.05) is 27.2 Å². The first-order chi connectivity index (χ1) is 6.14. The Hall–Kier alpha value is -0.340. The lowest BCUT2D eigenvalue weighted by Crippen LogP contribution is -3.00. The molecular formula is C12H20BrN. The molecule has 1 rings (SSSR count). The molecule has 2 heteroatoms. The molecule has 0 heterocycles. The van der Waals surface area contributed by atoms with Crippen molar-refractivity contribution in [2.45, 2.75) is 13.3 Å². The van der Waals surface area contributed by atoms with Crippen molar-refractivity contribution in [3.63, 3.8) is 0 Å². The minimum Gasteiger partial charge on any atom is -1.00 e. The highest BCUT2D eigenvalue weighted by Crippen LogP contribution is 2.03. The lowest BCUT2D eigenvalue weighted by Gasteiger charge is -2.28. The number of quaternary nitrogens is 1.